The third-order valence-electron chi connectivity index (χ3n) is 3.97. The number of benzene rings is 2. The smallest absolute Gasteiger partial charge is 0.318 e. The molecular weight excluding hydrogens is 388 g/mol. The fourth-order valence-electron chi connectivity index (χ4n) is 2.51. The van der Waals surface area contributed by atoms with Crippen LogP contribution in [0.15, 0.2) is 78.0 Å². The minimum atomic E-state index is -0.418. The van der Waals surface area contributed by atoms with Crippen molar-refractivity contribution in [3.8, 4) is 11.5 Å². The molecule has 1 N–H and O–H groups in total. The minimum Gasteiger partial charge on any atom is -0.468 e. The van der Waals surface area contributed by atoms with Gasteiger partial charge in [-0.3, -0.25) is 14.6 Å². The number of pyridine rings is 1. The van der Waals surface area contributed by atoms with Crippen LogP contribution in [0.5, 0.6) is 11.5 Å². The van der Waals surface area contributed by atoms with Crippen molar-refractivity contribution in [2.75, 3.05) is 12.4 Å². The molecule has 3 rings (SSSR count). The first-order valence-electron chi connectivity index (χ1n) is 8.89. The summed E-state index contributed by atoms with van der Waals surface area (Å²) >= 11 is 1.28. The number of amides is 1. The van der Waals surface area contributed by atoms with Crippen LogP contribution in [-0.4, -0.2) is 29.2 Å². The number of hydrogen-bond acceptors (Lipinski definition) is 6. The number of esters is 1. The maximum Gasteiger partial charge on any atom is 0.318 e. The van der Waals surface area contributed by atoms with E-state index in [2.05, 4.69) is 10.3 Å². The second-order valence-electron chi connectivity index (χ2n) is 6.04. The summed E-state index contributed by atoms with van der Waals surface area (Å²) in [6.07, 6.45) is 3.31. The fourth-order valence-corrected chi connectivity index (χ4v) is 3.53. The summed E-state index contributed by atoms with van der Waals surface area (Å²) in [5, 5.41) is 2.45. The largest absolute Gasteiger partial charge is 0.468 e. The van der Waals surface area contributed by atoms with Crippen molar-refractivity contribution in [3.05, 3.63) is 78.6 Å². The zero-order valence-electron chi connectivity index (χ0n) is 16.0. The Bertz CT molecular complexity index is 978. The van der Waals surface area contributed by atoms with Crippen LogP contribution in [0.25, 0.3) is 0 Å². The van der Waals surface area contributed by atoms with Crippen molar-refractivity contribution in [1.29, 1.82) is 0 Å². The summed E-state index contributed by atoms with van der Waals surface area (Å²) in [7, 11) is 1.35. The highest BCUT2D eigenvalue weighted by Crippen LogP contribution is 2.28. The van der Waals surface area contributed by atoms with Crippen LogP contribution in [-0.2, 0) is 9.53 Å². The van der Waals surface area contributed by atoms with E-state index in [0.29, 0.717) is 27.6 Å². The van der Waals surface area contributed by atoms with Crippen molar-refractivity contribution < 1.29 is 19.1 Å². The molecular formula is C22H20N2O4S. The van der Waals surface area contributed by atoms with E-state index in [1.807, 2.05) is 12.1 Å². The van der Waals surface area contributed by atoms with Gasteiger partial charge in [0.25, 0.3) is 5.91 Å². The first kappa shape index (κ1) is 20.4. The van der Waals surface area contributed by atoms with Gasteiger partial charge in [-0.15, -0.1) is 11.8 Å². The maximum atomic E-state index is 12.8. The number of aromatic nitrogens is 1. The number of anilines is 1. The Morgan fingerprint density at radius 1 is 0.966 bits per heavy atom. The summed E-state index contributed by atoms with van der Waals surface area (Å²) < 4.78 is 10.5. The monoisotopic (exact) mass is 408 g/mol. The molecule has 1 heterocycles. The van der Waals surface area contributed by atoms with Crippen molar-refractivity contribution in [2.45, 2.75) is 17.1 Å². The number of ether oxygens (including phenoxy) is 2. The Hall–Kier alpha value is -3.32. The number of nitrogens with one attached hydrogen (secondary N) is 1. The van der Waals surface area contributed by atoms with Gasteiger partial charge < -0.3 is 14.8 Å². The quantitative estimate of drug-likeness (QED) is 0.448. The van der Waals surface area contributed by atoms with E-state index in [-0.39, 0.29) is 11.9 Å². The van der Waals surface area contributed by atoms with Crippen LogP contribution < -0.4 is 10.1 Å². The van der Waals surface area contributed by atoms with Crippen molar-refractivity contribution in [3.63, 3.8) is 0 Å². The Labute approximate surface area is 173 Å². The van der Waals surface area contributed by atoms with Gasteiger partial charge in [-0.05, 0) is 55.5 Å². The highest BCUT2D eigenvalue weighted by Gasteiger charge is 2.19. The van der Waals surface area contributed by atoms with E-state index in [4.69, 9.17) is 9.47 Å². The lowest BCUT2D eigenvalue weighted by atomic mass is 10.2. The van der Waals surface area contributed by atoms with E-state index in [1.165, 1.54) is 18.9 Å². The molecule has 3 aromatic rings. The number of carbonyl (C=O) groups is 2. The van der Waals surface area contributed by atoms with Gasteiger partial charge >= 0.3 is 5.97 Å². The fraction of sp³-hybridized carbons (Fsp3) is 0.136. The Kier molecular flexibility index (Phi) is 6.86. The molecule has 1 aromatic heterocycles. The average molecular weight is 408 g/mol. The van der Waals surface area contributed by atoms with Gasteiger partial charge in [0.2, 0.25) is 0 Å². The Morgan fingerprint density at radius 2 is 1.62 bits per heavy atom. The lowest BCUT2D eigenvalue weighted by molar-refractivity contribution is -0.139. The predicted molar refractivity (Wildman–Crippen MR) is 112 cm³/mol. The second-order valence-corrected chi connectivity index (χ2v) is 7.43. The Morgan fingerprint density at radius 3 is 2.31 bits per heavy atom. The number of methoxy groups -OCH3 is 1. The number of thioether (sulfide) groups is 1. The zero-order chi connectivity index (χ0) is 20.6. The van der Waals surface area contributed by atoms with Crippen LogP contribution in [0.3, 0.4) is 0 Å². The third kappa shape index (κ3) is 5.58. The predicted octanol–water partition coefficient (Wildman–Crippen LogP) is 4.78. The minimum absolute atomic E-state index is 0.257. The van der Waals surface area contributed by atoms with Gasteiger partial charge in [0.1, 0.15) is 16.7 Å². The molecule has 1 amide bonds. The standard InChI is InChI=1S/C22H20N2O4S/c1-15(22(26)27-2)29-20-6-4-3-5-19(20)21(25)24-16-7-9-17(10-8-16)28-18-11-13-23-14-12-18/h3-15H,1-2H3,(H,24,25). The molecule has 0 aliphatic carbocycles. The number of carbonyl (C=O) groups excluding carboxylic acids is 2. The molecule has 2 aromatic carbocycles. The molecule has 1 unspecified atom stereocenters. The topological polar surface area (TPSA) is 77.5 Å². The second kappa shape index (κ2) is 9.75. The summed E-state index contributed by atoms with van der Waals surface area (Å²) in [4.78, 5) is 29.1. The first-order valence-corrected chi connectivity index (χ1v) is 9.77. The molecule has 0 radical (unpaired) electrons. The summed E-state index contributed by atoms with van der Waals surface area (Å²) in [5.74, 6) is 0.738. The molecule has 0 saturated carbocycles. The lowest BCUT2D eigenvalue weighted by Gasteiger charge is -2.13. The van der Waals surface area contributed by atoms with E-state index < -0.39 is 5.25 Å². The van der Waals surface area contributed by atoms with E-state index >= 15 is 0 Å². The zero-order valence-corrected chi connectivity index (χ0v) is 16.8. The van der Waals surface area contributed by atoms with Gasteiger partial charge in [-0.2, -0.15) is 0 Å². The van der Waals surface area contributed by atoms with E-state index in [0.717, 1.165) is 0 Å². The molecule has 1 atom stereocenters. The third-order valence-corrected chi connectivity index (χ3v) is 5.12. The molecule has 29 heavy (non-hydrogen) atoms. The van der Waals surface area contributed by atoms with Gasteiger partial charge in [0, 0.05) is 23.0 Å². The van der Waals surface area contributed by atoms with Crippen LogP contribution in [0.2, 0.25) is 0 Å². The Balaban J connectivity index is 1.68. The van der Waals surface area contributed by atoms with E-state index in [1.54, 1.807) is 67.8 Å². The molecule has 0 fully saturated rings. The molecule has 6 nitrogen and oxygen atoms in total. The van der Waals surface area contributed by atoms with Crippen LogP contribution in [0.4, 0.5) is 5.69 Å². The van der Waals surface area contributed by atoms with Crippen LogP contribution >= 0.6 is 11.8 Å². The molecule has 0 aliphatic heterocycles. The number of nitrogens with zero attached hydrogens (tertiary/aromatic N) is 1. The number of hydrogen-bond donors (Lipinski definition) is 1. The van der Waals surface area contributed by atoms with Gasteiger partial charge in [-0.1, -0.05) is 12.1 Å². The van der Waals surface area contributed by atoms with Gasteiger partial charge in [0.15, 0.2) is 0 Å². The summed E-state index contributed by atoms with van der Waals surface area (Å²) in [6, 6.07) is 17.8. The molecule has 0 saturated heterocycles. The molecule has 7 heteroatoms. The molecule has 0 aliphatic rings. The van der Waals surface area contributed by atoms with Crippen LogP contribution in [0, 0.1) is 0 Å². The van der Waals surface area contributed by atoms with Crippen molar-refractivity contribution >= 4 is 29.3 Å². The van der Waals surface area contributed by atoms with Crippen molar-refractivity contribution in [1.82, 2.24) is 4.98 Å². The maximum absolute atomic E-state index is 12.8. The highest BCUT2D eigenvalue weighted by molar-refractivity contribution is 8.00. The van der Waals surface area contributed by atoms with Gasteiger partial charge in [0.05, 0.1) is 12.7 Å². The summed E-state index contributed by atoms with van der Waals surface area (Å²) in [5.41, 5.74) is 1.13. The average Bonchev–Trinajstić information content (AvgIpc) is 2.75. The molecule has 0 spiro atoms. The highest BCUT2D eigenvalue weighted by atomic mass is 32.2. The SMILES string of the molecule is COC(=O)C(C)Sc1ccccc1C(=O)Nc1ccc(Oc2ccncc2)cc1. The molecule has 148 valence electrons. The van der Waals surface area contributed by atoms with Gasteiger partial charge in [-0.25, -0.2) is 0 Å². The lowest BCUT2D eigenvalue weighted by Crippen LogP contribution is -2.17. The van der Waals surface area contributed by atoms with Crippen molar-refractivity contribution in [2.24, 2.45) is 0 Å². The number of rotatable bonds is 7. The normalized spacial score (nSPS) is 11.4. The van der Waals surface area contributed by atoms with E-state index in [9.17, 15) is 9.59 Å². The molecule has 0 bridgehead atoms. The van der Waals surface area contributed by atoms with Crippen LogP contribution in [0.1, 0.15) is 17.3 Å². The summed E-state index contributed by atoms with van der Waals surface area (Å²) in [6.45, 7) is 1.74. The first-order chi connectivity index (χ1) is 14.1.